The van der Waals surface area contributed by atoms with Gasteiger partial charge in [-0.3, -0.25) is 4.79 Å². The van der Waals surface area contributed by atoms with Gasteiger partial charge in [0, 0.05) is 26.1 Å². The fraction of sp³-hybridized carbons (Fsp3) is 0.500. The van der Waals surface area contributed by atoms with Gasteiger partial charge in [0.1, 0.15) is 5.82 Å². The third-order valence-electron chi connectivity index (χ3n) is 2.89. The fourth-order valence-electron chi connectivity index (χ4n) is 1.93. The third-order valence-corrected chi connectivity index (χ3v) is 2.89. The SMILES string of the molecule is Nc1ccc(NCCC(=O)N2CCCC2)nc1. The van der Waals surface area contributed by atoms with Crippen molar-refractivity contribution in [2.24, 2.45) is 0 Å². The van der Waals surface area contributed by atoms with Gasteiger partial charge in [0.25, 0.3) is 0 Å². The van der Waals surface area contributed by atoms with Crippen molar-refractivity contribution in [3.63, 3.8) is 0 Å². The number of rotatable bonds is 4. The van der Waals surface area contributed by atoms with Crippen LogP contribution < -0.4 is 11.1 Å². The zero-order valence-corrected chi connectivity index (χ0v) is 9.85. The summed E-state index contributed by atoms with van der Waals surface area (Å²) in [5, 5.41) is 3.11. The minimum Gasteiger partial charge on any atom is -0.397 e. The Morgan fingerprint density at radius 1 is 1.41 bits per heavy atom. The van der Waals surface area contributed by atoms with Crippen LogP contribution in [-0.2, 0) is 4.79 Å². The Labute approximate surface area is 101 Å². The van der Waals surface area contributed by atoms with E-state index < -0.39 is 0 Å². The van der Waals surface area contributed by atoms with Crippen molar-refractivity contribution in [1.82, 2.24) is 9.88 Å². The standard InChI is InChI=1S/C12H18N4O/c13-10-3-4-11(15-9-10)14-6-5-12(17)16-7-1-2-8-16/h3-4,9H,1-2,5-8,13H2,(H,14,15). The molecule has 0 bridgehead atoms. The molecule has 2 heterocycles. The average Bonchev–Trinajstić information content (AvgIpc) is 2.85. The molecule has 17 heavy (non-hydrogen) atoms. The lowest BCUT2D eigenvalue weighted by Gasteiger charge is -2.15. The van der Waals surface area contributed by atoms with Gasteiger partial charge in [0.05, 0.1) is 11.9 Å². The molecule has 1 aliphatic rings. The number of likely N-dealkylation sites (tertiary alicyclic amines) is 1. The van der Waals surface area contributed by atoms with Gasteiger partial charge in [-0.05, 0) is 25.0 Å². The molecule has 0 aliphatic carbocycles. The highest BCUT2D eigenvalue weighted by atomic mass is 16.2. The summed E-state index contributed by atoms with van der Waals surface area (Å²) in [6.45, 7) is 2.45. The molecule has 0 saturated carbocycles. The van der Waals surface area contributed by atoms with Gasteiger partial charge in [-0.2, -0.15) is 0 Å². The summed E-state index contributed by atoms with van der Waals surface area (Å²) in [6.07, 6.45) is 4.40. The number of anilines is 2. The summed E-state index contributed by atoms with van der Waals surface area (Å²) in [6, 6.07) is 3.60. The second-order valence-corrected chi connectivity index (χ2v) is 4.24. The molecule has 2 rings (SSSR count). The van der Waals surface area contributed by atoms with E-state index in [1.54, 1.807) is 12.3 Å². The second-order valence-electron chi connectivity index (χ2n) is 4.24. The molecular weight excluding hydrogens is 216 g/mol. The van der Waals surface area contributed by atoms with Crippen molar-refractivity contribution in [1.29, 1.82) is 0 Å². The van der Waals surface area contributed by atoms with Crippen LogP contribution in [0.3, 0.4) is 0 Å². The zero-order chi connectivity index (χ0) is 12.1. The second kappa shape index (κ2) is 5.52. The van der Waals surface area contributed by atoms with E-state index in [2.05, 4.69) is 10.3 Å². The molecule has 1 aromatic rings. The van der Waals surface area contributed by atoms with Crippen LogP contribution in [0, 0.1) is 0 Å². The van der Waals surface area contributed by atoms with Gasteiger partial charge in [0.15, 0.2) is 0 Å². The number of hydrogen-bond donors (Lipinski definition) is 2. The van der Waals surface area contributed by atoms with Crippen molar-refractivity contribution in [3.05, 3.63) is 18.3 Å². The highest BCUT2D eigenvalue weighted by Crippen LogP contribution is 2.09. The molecule has 0 aromatic carbocycles. The maximum absolute atomic E-state index is 11.7. The Kier molecular flexibility index (Phi) is 3.80. The van der Waals surface area contributed by atoms with Gasteiger partial charge < -0.3 is 16.0 Å². The van der Waals surface area contributed by atoms with Crippen LogP contribution in [0.2, 0.25) is 0 Å². The van der Waals surface area contributed by atoms with Crippen LogP contribution in [0.4, 0.5) is 11.5 Å². The van der Waals surface area contributed by atoms with E-state index in [0.29, 0.717) is 18.7 Å². The zero-order valence-electron chi connectivity index (χ0n) is 9.85. The molecule has 1 amide bonds. The first kappa shape index (κ1) is 11.7. The van der Waals surface area contributed by atoms with Crippen molar-refractivity contribution >= 4 is 17.4 Å². The Balaban J connectivity index is 1.72. The number of carbonyl (C=O) groups is 1. The smallest absolute Gasteiger partial charge is 0.224 e. The highest BCUT2D eigenvalue weighted by molar-refractivity contribution is 5.76. The minimum absolute atomic E-state index is 0.227. The predicted octanol–water partition coefficient (Wildman–Crippen LogP) is 1.09. The third kappa shape index (κ3) is 3.34. The highest BCUT2D eigenvalue weighted by Gasteiger charge is 2.16. The van der Waals surface area contributed by atoms with Gasteiger partial charge in [-0.25, -0.2) is 4.98 Å². The average molecular weight is 234 g/mol. The number of nitrogens with one attached hydrogen (secondary N) is 1. The molecule has 0 spiro atoms. The summed E-state index contributed by atoms with van der Waals surface area (Å²) in [4.78, 5) is 17.8. The molecule has 1 aliphatic heterocycles. The Morgan fingerprint density at radius 3 is 2.82 bits per heavy atom. The number of nitrogens with two attached hydrogens (primary N) is 1. The summed E-state index contributed by atoms with van der Waals surface area (Å²) in [5.41, 5.74) is 6.18. The molecule has 5 nitrogen and oxygen atoms in total. The number of aromatic nitrogens is 1. The normalized spacial score (nSPS) is 14.9. The topological polar surface area (TPSA) is 71.2 Å². The first-order valence-corrected chi connectivity index (χ1v) is 5.99. The molecule has 3 N–H and O–H groups in total. The summed E-state index contributed by atoms with van der Waals surface area (Å²) >= 11 is 0. The van der Waals surface area contributed by atoms with E-state index in [9.17, 15) is 4.79 Å². The lowest BCUT2D eigenvalue weighted by molar-refractivity contribution is -0.129. The molecular formula is C12H18N4O. The number of carbonyl (C=O) groups excluding carboxylic acids is 1. The number of nitrogen functional groups attached to an aromatic ring is 1. The van der Waals surface area contributed by atoms with Gasteiger partial charge in [0.2, 0.25) is 5.91 Å². The monoisotopic (exact) mass is 234 g/mol. The van der Waals surface area contributed by atoms with Crippen LogP contribution in [0.15, 0.2) is 18.3 Å². The summed E-state index contributed by atoms with van der Waals surface area (Å²) in [7, 11) is 0. The first-order valence-electron chi connectivity index (χ1n) is 5.99. The van der Waals surface area contributed by atoms with Crippen molar-refractivity contribution < 1.29 is 4.79 Å². The lowest BCUT2D eigenvalue weighted by atomic mass is 10.3. The maximum atomic E-state index is 11.7. The summed E-state index contributed by atoms with van der Waals surface area (Å²) < 4.78 is 0. The molecule has 0 radical (unpaired) electrons. The Morgan fingerprint density at radius 2 is 2.18 bits per heavy atom. The van der Waals surface area contributed by atoms with E-state index in [4.69, 9.17) is 5.73 Å². The van der Waals surface area contributed by atoms with E-state index >= 15 is 0 Å². The largest absolute Gasteiger partial charge is 0.397 e. The molecule has 1 saturated heterocycles. The maximum Gasteiger partial charge on any atom is 0.224 e. The lowest BCUT2D eigenvalue weighted by Crippen LogP contribution is -2.29. The number of hydrogen-bond acceptors (Lipinski definition) is 4. The van der Waals surface area contributed by atoms with E-state index in [1.807, 2.05) is 11.0 Å². The van der Waals surface area contributed by atoms with Crippen LogP contribution >= 0.6 is 0 Å². The first-order chi connectivity index (χ1) is 8.25. The fourth-order valence-corrected chi connectivity index (χ4v) is 1.93. The van der Waals surface area contributed by atoms with Crippen molar-refractivity contribution in [3.8, 4) is 0 Å². The molecule has 0 atom stereocenters. The molecule has 1 fully saturated rings. The summed E-state index contributed by atoms with van der Waals surface area (Å²) in [5.74, 6) is 0.985. The molecule has 5 heteroatoms. The number of nitrogens with zero attached hydrogens (tertiary/aromatic N) is 2. The predicted molar refractivity (Wildman–Crippen MR) is 67.6 cm³/mol. The van der Waals surface area contributed by atoms with Crippen LogP contribution in [0.1, 0.15) is 19.3 Å². The van der Waals surface area contributed by atoms with Crippen LogP contribution in [-0.4, -0.2) is 35.4 Å². The minimum atomic E-state index is 0.227. The van der Waals surface area contributed by atoms with Crippen LogP contribution in [0.25, 0.3) is 0 Å². The van der Waals surface area contributed by atoms with Gasteiger partial charge >= 0.3 is 0 Å². The van der Waals surface area contributed by atoms with Gasteiger partial charge in [-0.15, -0.1) is 0 Å². The Hall–Kier alpha value is -1.78. The van der Waals surface area contributed by atoms with E-state index in [1.165, 1.54) is 0 Å². The number of pyridine rings is 1. The number of amides is 1. The van der Waals surface area contributed by atoms with Crippen molar-refractivity contribution in [2.45, 2.75) is 19.3 Å². The van der Waals surface area contributed by atoms with Crippen molar-refractivity contribution in [2.75, 3.05) is 30.7 Å². The Bertz CT molecular complexity index is 371. The van der Waals surface area contributed by atoms with Crippen LogP contribution in [0.5, 0.6) is 0 Å². The molecule has 1 aromatic heterocycles. The van der Waals surface area contributed by atoms with Gasteiger partial charge in [-0.1, -0.05) is 0 Å². The van der Waals surface area contributed by atoms with E-state index in [0.717, 1.165) is 31.7 Å². The van der Waals surface area contributed by atoms with E-state index in [-0.39, 0.29) is 5.91 Å². The molecule has 92 valence electrons. The quantitative estimate of drug-likeness (QED) is 0.818. The molecule has 0 unspecified atom stereocenters.